The topological polar surface area (TPSA) is 50.4 Å². The number of rotatable bonds is 4. The van der Waals surface area contributed by atoms with E-state index in [1.54, 1.807) is 7.11 Å². The molecule has 1 heterocycles. The van der Waals surface area contributed by atoms with Crippen molar-refractivity contribution in [1.82, 2.24) is 10.6 Å². The highest BCUT2D eigenvalue weighted by Gasteiger charge is 2.37. The van der Waals surface area contributed by atoms with E-state index in [-0.39, 0.29) is 23.0 Å². The van der Waals surface area contributed by atoms with Gasteiger partial charge in [0.15, 0.2) is 0 Å². The predicted molar refractivity (Wildman–Crippen MR) is 68.9 cm³/mol. The zero-order valence-electron chi connectivity index (χ0n) is 11.7. The molecule has 4 nitrogen and oxygen atoms in total. The van der Waals surface area contributed by atoms with Crippen molar-refractivity contribution in [2.45, 2.75) is 52.2 Å². The summed E-state index contributed by atoms with van der Waals surface area (Å²) in [5.74, 6) is 0.0832. The third-order valence-corrected chi connectivity index (χ3v) is 3.63. The van der Waals surface area contributed by atoms with Gasteiger partial charge in [0, 0.05) is 13.7 Å². The third-order valence-electron chi connectivity index (χ3n) is 3.63. The normalized spacial score (nSPS) is 24.4. The van der Waals surface area contributed by atoms with Gasteiger partial charge in [-0.3, -0.25) is 4.79 Å². The minimum absolute atomic E-state index is 0.0273. The van der Waals surface area contributed by atoms with Crippen LogP contribution >= 0.6 is 0 Å². The third kappa shape index (κ3) is 3.96. The highest BCUT2D eigenvalue weighted by Crippen LogP contribution is 2.30. The Balaban J connectivity index is 2.52. The van der Waals surface area contributed by atoms with Crippen LogP contribution in [-0.4, -0.2) is 37.7 Å². The van der Waals surface area contributed by atoms with Crippen LogP contribution in [0.15, 0.2) is 0 Å². The molecular weight excluding hydrogens is 216 g/mol. The fourth-order valence-corrected chi connectivity index (χ4v) is 2.13. The molecule has 1 aliphatic rings. The second kappa shape index (κ2) is 5.36. The molecule has 0 aromatic carbocycles. The van der Waals surface area contributed by atoms with Crippen molar-refractivity contribution in [3.63, 3.8) is 0 Å². The Bertz CT molecular complexity index is 275. The molecule has 0 radical (unpaired) electrons. The van der Waals surface area contributed by atoms with Crippen LogP contribution < -0.4 is 10.6 Å². The number of nitrogens with one attached hydrogen (secondary N) is 2. The number of hydrogen-bond donors (Lipinski definition) is 2. The van der Waals surface area contributed by atoms with Gasteiger partial charge >= 0.3 is 0 Å². The lowest BCUT2D eigenvalue weighted by Crippen LogP contribution is -2.57. The second-order valence-electron chi connectivity index (χ2n) is 6.16. The van der Waals surface area contributed by atoms with Gasteiger partial charge < -0.3 is 15.4 Å². The van der Waals surface area contributed by atoms with Crippen LogP contribution in [0.2, 0.25) is 0 Å². The molecular formula is C13H26N2O2. The minimum Gasteiger partial charge on any atom is -0.377 e. The van der Waals surface area contributed by atoms with Crippen LogP contribution in [0.4, 0.5) is 0 Å². The largest absolute Gasteiger partial charge is 0.377 e. The highest BCUT2D eigenvalue weighted by molar-refractivity contribution is 5.82. The Morgan fingerprint density at radius 3 is 2.71 bits per heavy atom. The first-order valence-corrected chi connectivity index (χ1v) is 6.35. The minimum atomic E-state index is -0.311. The van der Waals surface area contributed by atoms with E-state index in [0.29, 0.717) is 6.54 Å². The first-order valence-electron chi connectivity index (χ1n) is 6.35. The highest BCUT2D eigenvalue weighted by atomic mass is 16.5. The molecule has 1 atom stereocenters. The summed E-state index contributed by atoms with van der Waals surface area (Å²) in [6, 6.07) is -0.0936. The molecule has 2 N–H and O–H groups in total. The van der Waals surface area contributed by atoms with Crippen LogP contribution in [0.5, 0.6) is 0 Å². The zero-order valence-corrected chi connectivity index (χ0v) is 11.7. The van der Waals surface area contributed by atoms with Crippen LogP contribution in [0.1, 0.15) is 40.5 Å². The Morgan fingerprint density at radius 1 is 1.53 bits per heavy atom. The molecule has 4 heteroatoms. The molecule has 0 spiro atoms. The first kappa shape index (κ1) is 14.5. The van der Waals surface area contributed by atoms with E-state index in [1.807, 2.05) is 13.8 Å². The Labute approximate surface area is 104 Å². The fourth-order valence-electron chi connectivity index (χ4n) is 2.13. The van der Waals surface area contributed by atoms with Crippen molar-refractivity contribution in [3.8, 4) is 0 Å². The number of carbonyl (C=O) groups is 1. The Morgan fingerprint density at radius 2 is 2.18 bits per heavy atom. The van der Waals surface area contributed by atoms with E-state index in [4.69, 9.17) is 4.74 Å². The molecule has 100 valence electrons. The molecule has 0 bridgehead atoms. The van der Waals surface area contributed by atoms with Gasteiger partial charge in [-0.1, -0.05) is 13.8 Å². The summed E-state index contributed by atoms with van der Waals surface area (Å²) in [6.45, 7) is 9.68. The number of piperidine rings is 1. The summed E-state index contributed by atoms with van der Waals surface area (Å²) in [7, 11) is 1.66. The van der Waals surface area contributed by atoms with E-state index in [0.717, 1.165) is 19.4 Å². The number of carbonyl (C=O) groups excluding carboxylic acids is 1. The monoisotopic (exact) mass is 242 g/mol. The number of amides is 1. The predicted octanol–water partition coefficient (Wildman–Crippen LogP) is 1.31. The summed E-state index contributed by atoms with van der Waals surface area (Å²) in [5, 5.41) is 6.28. The van der Waals surface area contributed by atoms with Crippen LogP contribution in [0.3, 0.4) is 0 Å². The molecule has 1 amide bonds. The van der Waals surface area contributed by atoms with Crippen molar-refractivity contribution in [1.29, 1.82) is 0 Å². The average Bonchev–Trinajstić information content (AvgIpc) is 2.25. The van der Waals surface area contributed by atoms with E-state index in [2.05, 4.69) is 24.5 Å². The van der Waals surface area contributed by atoms with Gasteiger partial charge in [0.1, 0.15) is 0 Å². The lowest BCUT2D eigenvalue weighted by atomic mass is 9.77. The number of hydrogen-bond acceptors (Lipinski definition) is 3. The van der Waals surface area contributed by atoms with E-state index >= 15 is 0 Å². The molecule has 0 aliphatic carbocycles. The molecule has 1 rings (SSSR count). The number of ether oxygens (including phenoxy) is 1. The smallest absolute Gasteiger partial charge is 0.237 e. The Hall–Kier alpha value is -0.610. The molecule has 1 fully saturated rings. The Kier molecular flexibility index (Phi) is 4.55. The van der Waals surface area contributed by atoms with Crippen LogP contribution in [0.25, 0.3) is 0 Å². The molecule has 0 aromatic heterocycles. The molecule has 0 aromatic rings. The van der Waals surface area contributed by atoms with Gasteiger partial charge in [0.25, 0.3) is 0 Å². The second-order valence-corrected chi connectivity index (χ2v) is 6.16. The first-order chi connectivity index (χ1) is 7.78. The molecule has 1 unspecified atom stereocenters. The maximum absolute atomic E-state index is 12.1. The van der Waals surface area contributed by atoms with Crippen LogP contribution in [0, 0.1) is 5.41 Å². The quantitative estimate of drug-likeness (QED) is 0.781. The maximum atomic E-state index is 12.1. The van der Waals surface area contributed by atoms with Crippen molar-refractivity contribution < 1.29 is 9.53 Å². The SMILES string of the molecule is COC(C)(C)CNC(=O)C1NCCCC1(C)C. The maximum Gasteiger partial charge on any atom is 0.237 e. The average molecular weight is 242 g/mol. The van der Waals surface area contributed by atoms with E-state index in [1.165, 1.54) is 0 Å². The molecule has 1 saturated heterocycles. The van der Waals surface area contributed by atoms with Crippen LogP contribution in [-0.2, 0) is 9.53 Å². The standard InChI is InChI=1S/C13H26N2O2/c1-12(2)7-6-8-14-10(12)11(16)15-9-13(3,4)17-5/h10,14H,6-9H2,1-5H3,(H,15,16). The summed E-state index contributed by atoms with van der Waals surface area (Å²) in [5.41, 5.74) is -0.284. The lowest BCUT2D eigenvalue weighted by Gasteiger charge is -2.38. The van der Waals surface area contributed by atoms with Crippen molar-refractivity contribution >= 4 is 5.91 Å². The molecule has 17 heavy (non-hydrogen) atoms. The zero-order chi connectivity index (χ0) is 13.1. The lowest BCUT2D eigenvalue weighted by molar-refractivity contribution is -0.128. The summed E-state index contributed by atoms with van der Waals surface area (Å²) in [4.78, 5) is 12.1. The summed E-state index contributed by atoms with van der Waals surface area (Å²) < 4.78 is 5.29. The van der Waals surface area contributed by atoms with Crippen molar-refractivity contribution in [3.05, 3.63) is 0 Å². The van der Waals surface area contributed by atoms with Gasteiger partial charge in [0.05, 0.1) is 11.6 Å². The molecule has 1 aliphatic heterocycles. The molecule has 0 saturated carbocycles. The van der Waals surface area contributed by atoms with Crippen molar-refractivity contribution in [2.75, 3.05) is 20.2 Å². The summed E-state index contributed by atoms with van der Waals surface area (Å²) >= 11 is 0. The number of methoxy groups -OCH3 is 1. The van der Waals surface area contributed by atoms with Crippen molar-refractivity contribution in [2.24, 2.45) is 5.41 Å². The van der Waals surface area contributed by atoms with Gasteiger partial charge in [-0.05, 0) is 38.6 Å². The van der Waals surface area contributed by atoms with Gasteiger partial charge in [-0.25, -0.2) is 0 Å². The van der Waals surface area contributed by atoms with Gasteiger partial charge in [-0.2, -0.15) is 0 Å². The van der Waals surface area contributed by atoms with E-state index in [9.17, 15) is 4.79 Å². The summed E-state index contributed by atoms with van der Waals surface area (Å²) in [6.07, 6.45) is 2.23. The van der Waals surface area contributed by atoms with E-state index < -0.39 is 0 Å². The van der Waals surface area contributed by atoms with Gasteiger partial charge in [0.2, 0.25) is 5.91 Å². The fraction of sp³-hybridized carbons (Fsp3) is 0.923. The van der Waals surface area contributed by atoms with Gasteiger partial charge in [-0.15, -0.1) is 0 Å².